The second-order valence-corrected chi connectivity index (χ2v) is 8.07. The van der Waals surface area contributed by atoms with Crippen LogP contribution in [0.4, 0.5) is 18.9 Å². The van der Waals surface area contributed by atoms with Crippen LogP contribution in [0.3, 0.4) is 0 Å². The number of amides is 2. The van der Waals surface area contributed by atoms with Crippen LogP contribution in [0.25, 0.3) is 0 Å². The molecule has 1 fully saturated rings. The molecule has 0 unspecified atom stereocenters. The molecule has 1 aromatic rings. The van der Waals surface area contributed by atoms with E-state index in [9.17, 15) is 22.8 Å². The van der Waals surface area contributed by atoms with Crippen molar-refractivity contribution in [2.75, 3.05) is 38.6 Å². The van der Waals surface area contributed by atoms with Crippen LogP contribution < -0.4 is 10.2 Å². The van der Waals surface area contributed by atoms with E-state index in [-0.39, 0.29) is 35.9 Å². The quantitative estimate of drug-likeness (QED) is 0.819. The average Bonchev–Trinajstić information content (AvgIpc) is 2.93. The minimum Gasteiger partial charge on any atom is -0.355 e. The summed E-state index contributed by atoms with van der Waals surface area (Å²) in [5.74, 6) is -1.16. The van der Waals surface area contributed by atoms with Gasteiger partial charge in [-0.25, -0.2) is 0 Å². The van der Waals surface area contributed by atoms with E-state index < -0.39 is 17.7 Å². The van der Waals surface area contributed by atoms with Gasteiger partial charge in [0.1, 0.15) is 0 Å². The number of anilines is 1. The van der Waals surface area contributed by atoms with Crippen molar-refractivity contribution in [2.45, 2.75) is 26.4 Å². The van der Waals surface area contributed by atoms with Crippen LogP contribution in [0, 0.1) is 11.3 Å². The van der Waals surface area contributed by atoms with E-state index in [1.807, 2.05) is 32.8 Å². The van der Waals surface area contributed by atoms with Gasteiger partial charge in [0.2, 0.25) is 11.8 Å². The molecule has 1 saturated heterocycles. The summed E-state index contributed by atoms with van der Waals surface area (Å²) in [6.07, 6.45) is -4.48. The third kappa shape index (κ3) is 5.69. The van der Waals surface area contributed by atoms with Crippen molar-refractivity contribution in [3.05, 3.63) is 29.8 Å². The SMILES string of the molecule is CN(C)CC(C)(C)CNC(=O)[C@H]1CC(=O)N(c2cccc(C(F)(F)F)c2)C1. The van der Waals surface area contributed by atoms with Crippen molar-refractivity contribution < 1.29 is 22.8 Å². The second kappa shape index (κ2) is 7.88. The molecule has 150 valence electrons. The van der Waals surface area contributed by atoms with Gasteiger partial charge in [0.25, 0.3) is 0 Å². The highest BCUT2D eigenvalue weighted by Gasteiger charge is 2.37. The van der Waals surface area contributed by atoms with Gasteiger partial charge in [0.15, 0.2) is 0 Å². The Morgan fingerprint density at radius 3 is 2.56 bits per heavy atom. The van der Waals surface area contributed by atoms with E-state index in [4.69, 9.17) is 0 Å². The number of halogens is 3. The van der Waals surface area contributed by atoms with Gasteiger partial charge in [-0.15, -0.1) is 0 Å². The predicted molar refractivity (Wildman–Crippen MR) is 97.2 cm³/mol. The first-order valence-electron chi connectivity index (χ1n) is 8.79. The second-order valence-electron chi connectivity index (χ2n) is 8.07. The summed E-state index contributed by atoms with van der Waals surface area (Å²) < 4.78 is 38.7. The van der Waals surface area contributed by atoms with E-state index in [0.717, 1.165) is 18.7 Å². The highest BCUT2D eigenvalue weighted by Crippen LogP contribution is 2.33. The normalized spacial score (nSPS) is 18.3. The third-order valence-corrected chi connectivity index (χ3v) is 4.47. The highest BCUT2D eigenvalue weighted by atomic mass is 19.4. The fourth-order valence-corrected chi connectivity index (χ4v) is 3.37. The van der Waals surface area contributed by atoms with Crippen LogP contribution in [0.15, 0.2) is 24.3 Å². The lowest BCUT2D eigenvalue weighted by atomic mass is 9.92. The molecule has 0 spiro atoms. The van der Waals surface area contributed by atoms with Crippen molar-refractivity contribution in [2.24, 2.45) is 11.3 Å². The molecule has 0 radical (unpaired) electrons. The zero-order chi connectivity index (χ0) is 20.4. The van der Waals surface area contributed by atoms with Crippen molar-refractivity contribution >= 4 is 17.5 Å². The van der Waals surface area contributed by atoms with Crippen LogP contribution in [0.5, 0.6) is 0 Å². The molecule has 1 aromatic carbocycles. The molecule has 2 amide bonds. The van der Waals surface area contributed by atoms with Crippen LogP contribution in [-0.4, -0.2) is 50.4 Å². The molecule has 8 heteroatoms. The summed E-state index contributed by atoms with van der Waals surface area (Å²) in [7, 11) is 3.90. The largest absolute Gasteiger partial charge is 0.416 e. The van der Waals surface area contributed by atoms with Crippen LogP contribution >= 0.6 is 0 Å². The summed E-state index contributed by atoms with van der Waals surface area (Å²) in [6, 6.07) is 4.62. The Kier molecular flexibility index (Phi) is 6.19. The fourth-order valence-electron chi connectivity index (χ4n) is 3.37. The van der Waals surface area contributed by atoms with Gasteiger partial charge in [-0.1, -0.05) is 19.9 Å². The molecular weight excluding hydrogens is 359 g/mol. The summed E-state index contributed by atoms with van der Waals surface area (Å²) in [5.41, 5.74) is -0.785. The molecule has 1 aliphatic rings. The molecule has 2 rings (SSSR count). The molecule has 1 heterocycles. The molecule has 1 aliphatic heterocycles. The lowest BCUT2D eigenvalue weighted by Crippen LogP contribution is -2.42. The Bertz CT molecular complexity index is 702. The van der Waals surface area contributed by atoms with Crippen molar-refractivity contribution in [3.63, 3.8) is 0 Å². The summed E-state index contributed by atoms with van der Waals surface area (Å²) in [4.78, 5) is 28.0. The number of nitrogens with one attached hydrogen (secondary N) is 1. The Morgan fingerprint density at radius 2 is 1.96 bits per heavy atom. The number of rotatable bonds is 6. The Balaban J connectivity index is 2.02. The van der Waals surface area contributed by atoms with Gasteiger partial charge in [-0.2, -0.15) is 13.2 Å². The zero-order valence-electron chi connectivity index (χ0n) is 16.1. The summed E-state index contributed by atoms with van der Waals surface area (Å²) in [5, 5.41) is 2.87. The van der Waals surface area contributed by atoms with Crippen LogP contribution in [0.1, 0.15) is 25.8 Å². The number of hydrogen-bond donors (Lipinski definition) is 1. The number of carbonyl (C=O) groups excluding carboxylic acids is 2. The number of carbonyl (C=O) groups is 2. The number of nitrogens with zero attached hydrogens (tertiary/aromatic N) is 2. The first kappa shape index (κ1) is 21.2. The first-order valence-corrected chi connectivity index (χ1v) is 8.79. The van der Waals surface area contributed by atoms with Gasteiger partial charge < -0.3 is 15.1 Å². The molecular formula is C19H26F3N3O2. The first-order chi connectivity index (χ1) is 12.4. The van der Waals surface area contributed by atoms with E-state index in [1.165, 1.54) is 17.0 Å². The third-order valence-electron chi connectivity index (χ3n) is 4.47. The van der Waals surface area contributed by atoms with Crippen molar-refractivity contribution in [1.82, 2.24) is 10.2 Å². The Labute approximate surface area is 157 Å². The molecule has 0 aromatic heterocycles. The highest BCUT2D eigenvalue weighted by molar-refractivity contribution is 6.00. The zero-order valence-corrected chi connectivity index (χ0v) is 16.1. The van der Waals surface area contributed by atoms with Gasteiger partial charge in [0, 0.05) is 31.7 Å². The lowest BCUT2D eigenvalue weighted by molar-refractivity contribution is -0.137. The average molecular weight is 385 g/mol. The maximum Gasteiger partial charge on any atom is 0.416 e. The monoisotopic (exact) mass is 385 g/mol. The van der Waals surface area contributed by atoms with Crippen LogP contribution in [0.2, 0.25) is 0 Å². The fraction of sp³-hybridized carbons (Fsp3) is 0.579. The Hall–Kier alpha value is -2.09. The van der Waals surface area contributed by atoms with E-state index in [2.05, 4.69) is 5.32 Å². The molecule has 1 atom stereocenters. The van der Waals surface area contributed by atoms with E-state index in [0.29, 0.717) is 6.54 Å². The van der Waals surface area contributed by atoms with Gasteiger partial charge in [-0.3, -0.25) is 9.59 Å². The van der Waals surface area contributed by atoms with Gasteiger partial charge >= 0.3 is 6.18 Å². The molecule has 0 bridgehead atoms. The topological polar surface area (TPSA) is 52.7 Å². The maximum atomic E-state index is 12.9. The van der Waals surface area contributed by atoms with E-state index in [1.54, 1.807) is 0 Å². The van der Waals surface area contributed by atoms with E-state index >= 15 is 0 Å². The minimum absolute atomic E-state index is 0.00378. The number of alkyl halides is 3. The van der Waals surface area contributed by atoms with Gasteiger partial charge in [-0.05, 0) is 37.7 Å². The van der Waals surface area contributed by atoms with Gasteiger partial charge in [0.05, 0.1) is 11.5 Å². The number of benzene rings is 1. The summed E-state index contributed by atoms with van der Waals surface area (Å²) in [6.45, 7) is 5.38. The van der Waals surface area contributed by atoms with Crippen molar-refractivity contribution in [3.8, 4) is 0 Å². The lowest BCUT2D eigenvalue weighted by Gasteiger charge is -2.29. The molecule has 0 saturated carbocycles. The molecule has 5 nitrogen and oxygen atoms in total. The Morgan fingerprint density at radius 1 is 1.30 bits per heavy atom. The number of hydrogen-bond acceptors (Lipinski definition) is 3. The minimum atomic E-state index is -4.48. The standard InChI is InChI=1S/C19H26F3N3O2/c1-18(2,12-24(3)4)11-23-17(27)13-8-16(26)25(10-13)15-7-5-6-14(9-15)19(20,21)22/h5-7,9,13H,8,10-12H2,1-4H3,(H,23,27)/t13-/m0/s1. The maximum absolute atomic E-state index is 12.9. The molecule has 27 heavy (non-hydrogen) atoms. The van der Waals surface area contributed by atoms with Crippen molar-refractivity contribution in [1.29, 1.82) is 0 Å². The predicted octanol–water partition coefficient (Wildman–Crippen LogP) is 2.76. The van der Waals surface area contributed by atoms with Crippen LogP contribution in [-0.2, 0) is 15.8 Å². The molecule has 0 aliphatic carbocycles. The summed E-state index contributed by atoms with van der Waals surface area (Å²) >= 11 is 0. The molecule has 1 N–H and O–H groups in total. The smallest absolute Gasteiger partial charge is 0.355 e.